The standard InChI is InChI=1S/C16H23NO2S/c1-12-4-2-3-5-16(12)14-8-15(9-14)17-10-13-6-7-20(18,19)11-13/h2-5,13-15,17H,6-11H2,1H3. The molecular weight excluding hydrogens is 270 g/mol. The first-order valence-electron chi connectivity index (χ1n) is 7.53. The Morgan fingerprint density at radius 3 is 2.65 bits per heavy atom. The van der Waals surface area contributed by atoms with E-state index in [0.717, 1.165) is 13.0 Å². The molecule has 1 aromatic rings. The second-order valence-corrected chi connectivity index (χ2v) is 8.63. The van der Waals surface area contributed by atoms with Gasteiger partial charge in [0, 0.05) is 6.04 Å². The third-order valence-electron chi connectivity index (χ3n) is 4.79. The molecule has 0 aromatic heterocycles. The van der Waals surface area contributed by atoms with Crippen LogP contribution in [-0.4, -0.2) is 32.5 Å². The molecule has 1 unspecified atom stereocenters. The van der Waals surface area contributed by atoms with Crippen molar-refractivity contribution in [3.8, 4) is 0 Å². The van der Waals surface area contributed by atoms with Crippen LogP contribution in [0.15, 0.2) is 24.3 Å². The third kappa shape index (κ3) is 3.07. The normalized spacial score (nSPS) is 31.9. The van der Waals surface area contributed by atoms with Crippen LogP contribution in [0.1, 0.15) is 36.3 Å². The number of benzene rings is 1. The highest BCUT2D eigenvalue weighted by Crippen LogP contribution is 2.38. The first-order chi connectivity index (χ1) is 9.53. The van der Waals surface area contributed by atoms with E-state index >= 15 is 0 Å². The molecule has 1 N–H and O–H groups in total. The second kappa shape index (κ2) is 5.49. The van der Waals surface area contributed by atoms with E-state index in [1.54, 1.807) is 0 Å². The molecule has 1 aliphatic heterocycles. The van der Waals surface area contributed by atoms with Gasteiger partial charge in [0.1, 0.15) is 0 Å². The number of hydrogen-bond donors (Lipinski definition) is 1. The van der Waals surface area contributed by atoms with Crippen LogP contribution in [0, 0.1) is 12.8 Å². The molecule has 110 valence electrons. The van der Waals surface area contributed by atoms with Crippen molar-refractivity contribution in [3.63, 3.8) is 0 Å². The summed E-state index contributed by atoms with van der Waals surface area (Å²) in [6.07, 6.45) is 3.21. The predicted molar refractivity (Wildman–Crippen MR) is 81.7 cm³/mol. The van der Waals surface area contributed by atoms with Crippen molar-refractivity contribution in [1.82, 2.24) is 5.32 Å². The molecule has 0 amide bonds. The molecule has 2 aliphatic rings. The Labute approximate surface area is 121 Å². The minimum atomic E-state index is -2.73. The van der Waals surface area contributed by atoms with E-state index < -0.39 is 9.84 Å². The van der Waals surface area contributed by atoms with Gasteiger partial charge in [0.05, 0.1) is 11.5 Å². The lowest BCUT2D eigenvalue weighted by molar-refractivity contribution is 0.279. The first kappa shape index (κ1) is 14.1. The summed E-state index contributed by atoms with van der Waals surface area (Å²) in [5.74, 6) is 1.78. The smallest absolute Gasteiger partial charge is 0.150 e. The summed E-state index contributed by atoms with van der Waals surface area (Å²) < 4.78 is 22.8. The van der Waals surface area contributed by atoms with Crippen LogP contribution in [0.5, 0.6) is 0 Å². The molecule has 1 aliphatic carbocycles. The maximum absolute atomic E-state index is 11.4. The van der Waals surface area contributed by atoms with Crippen LogP contribution >= 0.6 is 0 Å². The van der Waals surface area contributed by atoms with Gasteiger partial charge in [-0.1, -0.05) is 24.3 Å². The molecule has 1 saturated heterocycles. The fourth-order valence-electron chi connectivity index (χ4n) is 3.45. The molecule has 2 fully saturated rings. The van der Waals surface area contributed by atoms with Gasteiger partial charge in [0.15, 0.2) is 9.84 Å². The van der Waals surface area contributed by atoms with Gasteiger partial charge >= 0.3 is 0 Å². The van der Waals surface area contributed by atoms with Gasteiger partial charge in [0.2, 0.25) is 0 Å². The van der Waals surface area contributed by atoms with Crippen molar-refractivity contribution < 1.29 is 8.42 Å². The molecule has 4 heteroatoms. The van der Waals surface area contributed by atoms with E-state index in [1.165, 1.54) is 24.0 Å². The van der Waals surface area contributed by atoms with Gasteiger partial charge in [0.25, 0.3) is 0 Å². The molecule has 1 atom stereocenters. The largest absolute Gasteiger partial charge is 0.314 e. The van der Waals surface area contributed by atoms with Crippen molar-refractivity contribution in [2.45, 2.75) is 38.1 Å². The number of sulfone groups is 1. The fourth-order valence-corrected chi connectivity index (χ4v) is 5.31. The summed E-state index contributed by atoms with van der Waals surface area (Å²) in [6, 6.07) is 9.20. The monoisotopic (exact) mass is 293 g/mol. The Morgan fingerprint density at radius 1 is 1.25 bits per heavy atom. The van der Waals surface area contributed by atoms with Crippen molar-refractivity contribution >= 4 is 9.84 Å². The van der Waals surface area contributed by atoms with Crippen LogP contribution in [-0.2, 0) is 9.84 Å². The van der Waals surface area contributed by atoms with Crippen LogP contribution < -0.4 is 5.32 Å². The SMILES string of the molecule is Cc1ccccc1C1CC(NCC2CCS(=O)(=O)C2)C1. The van der Waals surface area contributed by atoms with Crippen LogP contribution in [0.4, 0.5) is 0 Å². The summed E-state index contributed by atoms with van der Waals surface area (Å²) in [7, 11) is -2.73. The summed E-state index contributed by atoms with van der Waals surface area (Å²) in [5, 5.41) is 3.55. The van der Waals surface area contributed by atoms with E-state index in [-0.39, 0.29) is 0 Å². The lowest BCUT2D eigenvalue weighted by Crippen LogP contribution is -2.42. The fraction of sp³-hybridized carbons (Fsp3) is 0.625. The topological polar surface area (TPSA) is 46.2 Å². The maximum Gasteiger partial charge on any atom is 0.150 e. The van der Waals surface area contributed by atoms with Gasteiger partial charge in [-0.3, -0.25) is 0 Å². The van der Waals surface area contributed by atoms with Crippen molar-refractivity contribution in [2.24, 2.45) is 5.92 Å². The number of hydrogen-bond acceptors (Lipinski definition) is 3. The van der Waals surface area contributed by atoms with E-state index in [0.29, 0.717) is 29.4 Å². The molecule has 0 spiro atoms. The Kier molecular flexibility index (Phi) is 3.87. The summed E-state index contributed by atoms with van der Waals surface area (Å²) in [5.41, 5.74) is 2.87. The van der Waals surface area contributed by atoms with Gasteiger partial charge < -0.3 is 5.32 Å². The highest BCUT2D eigenvalue weighted by molar-refractivity contribution is 7.91. The number of nitrogens with one attached hydrogen (secondary N) is 1. The Hall–Kier alpha value is -0.870. The summed E-state index contributed by atoms with van der Waals surface area (Å²) in [4.78, 5) is 0. The highest BCUT2D eigenvalue weighted by Gasteiger charge is 2.33. The van der Waals surface area contributed by atoms with E-state index in [4.69, 9.17) is 0 Å². The zero-order chi connectivity index (χ0) is 14.2. The zero-order valence-corrected chi connectivity index (χ0v) is 12.8. The minimum Gasteiger partial charge on any atom is -0.314 e. The first-order valence-corrected chi connectivity index (χ1v) is 9.35. The van der Waals surface area contributed by atoms with Crippen LogP contribution in [0.2, 0.25) is 0 Å². The van der Waals surface area contributed by atoms with Gasteiger partial charge in [-0.2, -0.15) is 0 Å². The quantitative estimate of drug-likeness (QED) is 0.926. The van der Waals surface area contributed by atoms with Crippen LogP contribution in [0.3, 0.4) is 0 Å². The second-order valence-electron chi connectivity index (χ2n) is 6.40. The number of rotatable bonds is 4. The molecule has 0 radical (unpaired) electrons. The molecule has 20 heavy (non-hydrogen) atoms. The Bertz CT molecular complexity index is 576. The molecule has 0 bridgehead atoms. The summed E-state index contributed by atoms with van der Waals surface area (Å²) in [6.45, 7) is 3.05. The average Bonchev–Trinajstić information content (AvgIpc) is 2.69. The lowest BCUT2D eigenvalue weighted by atomic mass is 9.74. The highest BCUT2D eigenvalue weighted by atomic mass is 32.2. The van der Waals surface area contributed by atoms with Crippen molar-refractivity contribution in [3.05, 3.63) is 35.4 Å². The van der Waals surface area contributed by atoms with Crippen molar-refractivity contribution in [2.75, 3.05) is 18.1 Å². The molecule has 1 aromatic carbocycles. The lowest BCUT2D eigenvalue weighted by Gasteiger charge is -2.37. The predicted octanol–water partition coefficient (Wildman–Crippen LogP) is 2.27. The summed E-state index contributed by atoms with van der Waals surface area (Å²) >= 11 is 0. The molecular formula is C16H23NO2S. The van der Waals surface area contributed by atoms with E-state index in [1.807, 2.05) is 0 Å². The van der Waals surface area contributed by atoms with Crippen LogP contribution in [0.25, 0.3) is 0 Å². The minimum absolute atomic E-state index is 0.331. The molecule has 3 nitrogen and oxygen atoms in total. The van der Waals surface area contributed by atoms with Gasteiger partial charge in [-0.05, 0) is 55.7 Å². The number of aryl methyl sites for hydroxylation is 1. The van der Waals surface area contributed by atoms with E-state index in [2.05, 4.69) is 36.5 Å². The molecule has 1 heterocycles. The third-order valence-corrected chi connectivity index (χ3v) is 6.63. The Morgan fingerprint density at radius 2 is 2.00 bits per heavy atom. The maximum atomic E-state index is 11.4. The van der Waals surface area contributed by atoms with Gasteiger partial charge in [-0.15, -0.1) is 0 Å². The molecule has 1 saturated carbocycles. The molecule has 3 rings (SSSR count). The Balaban J connectivity index is 1.44. The van der Waals surface area contributed by atoms with Crippen molar-refractivity contribution in [1.29, 1.82) is 0 Å². The zero-order valence-electron chi connectivity index (χ0n) is 12.0. The van der Waals surface area contributed by atoms with E-state index in [9.17, 15) is 8.42 Å². The average molecular weight is 293 g/mol. The van der Waals surface area contributed by atoms with Gasteiger partial charge in [-0.25, -0.2) is 8.42 Å².